The third kappa shape index (κ3) is 2.70. The molecule has 2 heterocycles. The summed E-state index contributed by atoms with van der Waals surface area (Å²) in [5.74, 6) is 1.27. The third-order valence-electron chi connectivity index (χ3n) is 3.95. The molecule has 106 valence electrons. The Bertz CT molecular complexity index is 659. The second kappa shape index (κ2) is 5.92. The SMILES string of the molecule is Cn1c(=O)cc(NCC2CCCCS2)c2ccccc21. The Hall–Kier alpha value is -1.42. The monoisotopic (exact) mass is 288 g/mol. The first kappa shape index (κ1) is 13.6. The van der Waals surface area contributed by atoms with Crippen molar-refractivity contribution in [1.29, 1.82) is 0 Å². The fraction of sp³-hybridized carbons (Fsp3) is 0.438. The van der Waals surface area contributed by atoms with Gasteiger partial charge < -0.3 is 9.88 Å². The molecule has 4 heteroatoms. The zero-order chi connectivity index (χ0) is 13.9. The van der Waals surface area contributed by atoms with Crippen LogP contribution in [0.15, 0.2) is 35.1 Å². The summed E-state index contributed by atoms with van der Waals surface area (Å²) in [6, 6.07) is 9.79. The molecule has 0 spiro atoms. The number of pyridine rings is 1. The minimum absolute atomic E-state index is 0.0440. The number of aryl methyl sites for hydroxylation is 1. The lowest BCUT2D eigenvalue weighted by molar-refractivity contribution is 0.677. The highest BCUT2D eigenvalue weighted by molar-refractivity contribution is 7.99. The molecule has 0 saturated carbocycles. The number of rotatable bonds is 3. The standard InChI is InChI=1S/C16H20N2OS/c1-18-15-8-3-2-7-13(15)14(10-16(18)19)17-11-12-6-4-5-9-20-12/h2-3,7-8,10,12,17H,4-6,9,11H2,1H3. The molecule has 20 heavy (non-hydrogen) atoms. The highest BCUT2D eigenvalue weighted by Gasteiger charge is 2.14. The molecule has 1 fully saturated rings. The van der Waals surface area contributed by atoms with E-state index in [1.54, 1.807) is 10.6 Å². The summed E-state index contributed by atoms with van der Waals surface area (Å²) in [5.41, 5.74) is 2.00. The van der Waals surface area contributed by atoms with Gasteiger partial charge in [0.05, 0.1) is 5.52 Å². The molecule has 3 rings (SSSR count). The fourth-order valence-corrected chi connectivity index (χ4v) is 3.99. The van der Waals surface area contributed by atoms with E-state index in [1.807, 2.05) is 37.0 Å². The molecule has 1 aliphatic heterocycles. The second-order valence-electron chi connectivity index (χ2n) is 5.34. The quantitative estimate of drug-likeness (QED) is 0.941. The maximum Gasteiger partial charge on any atom is 0.252 e. The van der Waals surface area contributed by atoms with Crippen molar-refractivity contribution < 1.29 is 0 Å². The van der Waals surface area contributed by atoms with Crippen molar-refractivity contribution in [3.63, 3.8) is 0 Å². The summed E-state index contributed by atoms with van der Waals surface area (Å²) < 4.78 is 1.70. The number of anilines is 1. The summed E-state index contributed by atoms with van der Waals surface area (Å²) >= 11 is 2.05. The van der Waals surface area contributed by atoms with Crippen molar-refractivity contribution >= 4 is 28.4 Å². The first-order valence-electron chi connectivity index (χ1n) is 7.20. The predicted molar refractivity (Wildman–Crippen MR) is 87.8 cm³/mol. The Morgan fingerprint density at radius 2 is 2.20 bits per heavy atom. The van der Waals surface area contributed by atoms with E-state index in [1.165, 1.54) is 25.0 Å². The van der Waals surface area contributed by atoms with Crippen molar-refractivity contribution in [2.45, 2.75) is 24.5 Å². The van der Waals surface area contributed by atoms with Crippen LogP contribution in [0, 0.1) is 0 Å². The summed E-state index contributed by atoms with van der Waals surface area (Å²) in [6.45, 7) is 0.946. The largest absolute Gasteiger partial charge is 0.383 e. The number of nitrogens with zero attached hydrogens (tertiary/aromatic N) is 1. The van der Waals surface area contributed by atoms with Crippen LogP contribution in [0.25, 0.3) is 10.9 Å². The number of hydrogen-bond acceptors (Lipinski definition) is 3. The maximum atomic E-state index is 12.0. The van der Waals surface area contributed by atoms with E-state index < -0.39 is 0 Å². The van der Waals surface area contributed by atoms with Gasteiger partial charge in [0.1, 0.15) is 0 Å². The van der Waals surface area contributed by atoms with Crippen LogP contribution in [0.3, 0.4) is 0 Å². The first-order chi connectivity index (χ1) is 9.75. The van der Waals surface area contributed by atoms with Crippen molar-refractivity contribution in [2.24, 2.45) is 7.05 Å². The predicted octanol–water partition coefficient (Wildman–Crippen LogP) is 3.24. The van der Waals surface area contributed by atoms with Crippen molar-refractivity contribution in [3.8, 4) is 0 Å². The highest BCUT2D eigenvalue weighted by atomic mass is 32.2. The van der Waals surface area contributed by atoms with Gasteiger partial charge >= 0.3 is 0 Å². The van der Waals surface area contributed by atoms with E-state index in [0.717, 1.165) is 23.1 Å². The Morgan fingerprint density at radius 3 is 3.00 bits per heavy atom. The summed E-state index contributed by atoms with van der Waals surface area (Å²) in [5, 5.41) is 5.28. The molecular formula is C16H20N2OS. The lowest BCUT2D eigenvalue weighted by Crippen LogP contribution is -2.22. The Kier molecular flexibility index (Phi) is 4.01. The normalized spacial score (nSPS) is 19.1. The van der Waals surface area contributed by atoms with E-state index in [-0.39, 0.29) is 5.56 Å². The molecule has 1 saturated heterocycles. The molecule has 0 bridgehead atoms. The van der Waals surface area contributed by atoms with Crippen LogP contribution < -0.4 is 10.9 Å². The summed E-state index contributed by atoms with van der Waals surface area (Å²) in [7, 11) is 1.82. The number of benzene rings is 1. The average Bonchev–Trinajstić information content (AvgIpc) is 2.50. The van der Waals surface area contributed by atoms with Gasteiger partial charge in [0.2, 0.25) is 0 Å². The molecule has 0 radical (unpaired) electrons. The van der Waals surface area contributed by atoms with Gasteiger partial charge in [0.15, 0.2) is 0 Å². The van der Waals surface area contributed by atoms with Crippen LogP contribution in [0.2, 0.25) is 0 Å². The number of nitrogens with one attached hydrogen (secondary N) is 1. The van der Waals surface area contributed by atoms with Gasteiger partial charge in [-0.3, -0.25) is 4.79 Å². The zero-order valence-corrected chi connectivity index (χ0v) is 12.6. The molecule has 0 amide bonds. The Balaban J connectivity index is 1.87. The smallest absolute Gasteiger partial charge is 0.252 e. The molecule has 2 aromatic rings. The van der Waals surface area contributed by atoms with E-state index in [0.29, 0.717) is 5.25 Å². The molecule has 1 aromatic heterocycles. The number of aromatic nitrogens is 1. The average molecular weight is 288 g/mol. The highest BCUT2D eigenvalue weighted by Crippen LogP contribution is 2.26. The second-order valence-corrected chi connectivity index (χ2v) is 6.75. The molecular weight excluding hydrogens is 268 g/mol. The summed E-state index contributed by atoms with van der Waals surface area (Å²) in [4.78, 5) is 12.0. The molecule has 1 N–H and O–H groups in total. The number of fused-ring (bicyclic) bond motifs is 1. The third-order valence-corrected chi connectivity index (χ3v) is 5.35. The maximum absolute atomic E-state index is 12.0. The molecule has 1 aromatic carbocycles. The fourth-order valence-electron chi connectivity index (χ4n) is 2.75. The summed E-state index contributed by atoms with van der Waals surface area (Å²) in [6.07, 6.45) is 3.95. The van der Waals surface area contributed by atoms with Gasteiger partial charge in [-0.25, -0.2) is 0 Å². The number of thioether (sulfide) groups is 1. The Morgan fingerprint density at radius 1 is 1.35 bits per heavy atom. The number of para-hydroxylation sites is 1. The van der Waals surface area contributed by atoms with Crippen LogP contribution in [0.4, 0.5) is 5.69 Å². The lowest BCUT2D eigenvalue weighted by Gasteiger charge is -2.22. The van der Waals surface area contributed by atoms with E-state index >= 15 is 0 Å². The van der Waals surface area contributed by atoms with E-state index in [2.05, 4.69) is 11.4 Å². The van der Waals surface area contributed by atoms with Crippen LogP contribution in [0.5, 0.6) is 0 Å². The molecule has 1 aliphatic rings. The van der Waals surface area contributed by atoms with Gasteiger partial charge in [-0.2, -0.15) is 11.8 Å². The van der Waals surface area contributed by atoms with Crippen molar-refractivity contribution in [3.05, 3.63) is 40.7 Å². The minimum atomic E-state index is 0.0440. The molecule has 1 unspecified atom stereocenters. The van der Waals surface area contributed by atoms with Gasteiger partial charge in [-0.15, -0.1) is 0 Å². The number of hydrogen-bond donors (Lipinski definition) is 1. The van der Waals surface area contributed by atoms with Gasteiger partial charge in [0.25, 0.3) is 5.56 Å². The lowest BCUT2D eigenvalue weighted by atomic mass is 10.1. The van der Waals surface area contributed by atoms with Crippen LogP contribution in [-0.2, 0) is 7.05 Å². The van der Waals surface area contributed by atoms with E-state index in [4.69, 9.17) is 0 Å². The first-order valence-corrected chi connectivity index (χ1v) is 8.25. The van der Waals surface area contributed by atoms with Crippen LogP contribution in [0.1, 0.15) is 19.3 Å². The molecule has 3 nitrogen and oxygen atoms in total. The Labute approximate surface area is 123 Å². The van der Waals surface area contributed by atoms with Crippen LogP contribution >= 0.6 is 11.8 Å². The molecule has 0 aliphatic carbocycles. The minimum Gasteiger partial charge on any atom is -0.383 e. The van der Waals surface area contributed by atoms with E-state index in [9.17, 15) is 4.79 Å². The topological polar surface area (TPSA) is 34.0 Å². The molecule has 1 atom stereocenters. The van der Waals surface area contributed by atoms with Crippen molar-refractivity contribution in [2.75, 3.05) is 17.6 Å². The van der Waals surface area contributed by atoms with Gasteiger partial charge in [-0.05, 0) is 24.7 Å². The van der Waals surface area contributed by atoms with Gasteiger partial charge in [-0.1, -0.05) is 24.6 Å². The zero-order valence-electron chi connectivity index (χ0n) is 11.8. The van der Waals surface area contributed by atoms with Gasteiger partial charge in [0, 0.05) is 36.0 Å². The van der Waals surface area contributed by atoms with Crippen molar-refractivity contribution in [1.82, 2.24) is 4.57 Å². The van der Waals surface area contributed by atoms with Crippen LogP contribution in [-0.4, -0.2) is 22.1 Å².